The molecule has 0 aliphatic heterocycles. The normalized spacial score (nSPS) is 11.5. The Kier molecular flexibility index (Phi) is 5.47. The van der Waals surface area contributed by atoms with E-state index in [2.05, 4.69) is 21.0 Å². The molecule has 0 saturated carbocycles. The number of halogens is 4. The SMILES string of the molecule is N#Cc1c(-c2ccc(Br)cc2)cc(C(F)(F)F)n(/N=C/c2ccccc2)c1=O. The fourth-order valence-corrected chi connectivity index (χ4v) is 2.81. The van der Waals surface area contributed by atoms with E-state index in [1.54, 1.807) is 48.5 Å². The van der Waals surface area contributed by atoms with Crippen molar-refractivity contribution in [3.8, 4) is 17.2 Å². The summed E-state index contributed by atoms with van der Waals surface area (Å²) in [7, 11) is 0. The average Bonchev–Trinajstić information content (AvgIpc) is 2.67. The molecule has 0 radical (unpaired) electrons. The summed E-state index contributed by atoms with van der Waals surface area (Å²) in [6.45, 7) is 0. The lowest BCUT2D eigenvalue weighted by Gasteiger charge is -2.14. The van der Waals surface area contributed by atoms with Crippen LogP contribution in [0.4, 0.5) is 13.2 Å². The van der Waals surface area contributed by atoms with Gasteiger partial charge in [-0.1, -0.05) is 58.4 Å². The first kappa shape index (κ1) is 19.6. The van der Waals surface area contributed by atoms with Gasteiger partial charge in [-0.15, -0.1) is 0 Å². The van der Waals surface area contributed by atoms with Crippen LogP contribution in [-0.2, 0) is 6.18 Å². The van der Waals surface area contributed by atoms with Gasteiger partial charge in [-0.2, -0.15) is 28.2 Å². The fraction of sp³-hybridized carbons (Fsp3) is 0.0500. The summed E-state index contributed by atoms with van der Waals surface area (Å²) in [6.07, 6.45) is -3.71. The quantitative estimate of drug-likeness (QED) is 0.529. The molecule has 0 N–H and O–H groups in total. The van der Waals surface area contributed by atoms with E-state index < -0.39 is 23.0 Å². The first-order valence-electron chi connectivity index (χ1n) is 7.94. The van der Waals surface area contributed by atoms with E-state index in [9.17, 15) is 23.2 Å². The van der Waals surface area contributed by atoms with Crippen LogP contribution in [0.2, 0.25) is 0 Å². The van der Waals surface area contributed by atoms with Crippen molar-refractivity contribution in [2.75, 3.05) is 0 Å². The highest BCUT2D eigenvalue weighted by Gasteiger charge is 2.36. The minimum Gasteiger partial charge on any atom is -0.266 e. The maximum Gasteiger partial charge on any atom is 0.433 e. The molecule has 0 aliphatic carbocycles. The number of aromatic nitrogens is 1. The topological polar surface area (TPSA) is 58.1 Å². The Hall–Kier alpha value is -3.18. The van der Waals surface area contributed by atoms with Gasteiger partial charge >= 0.3 is 6.18 Å². The Morgan fingerprint density at radius 2 is 1.71 bits per heavy atom. The highest BCUT2D eigenvalue weighted by atomic mass is 79.9. The van der Waals surface area contributed by atoms with Crippen LogP contribution in [0.3, 0.4) is 0 Å². The highest BCUT2D eigenvalue weighted by Crippen LogP contribution is 2.33. The number of hydrogen-bond acceptors (Lipinski definition) is 3. The van der Waals surface area contributed by atoms with Crippen LogP contribution in [0.15, 0.2) is 75.0 Å². The van der Waals surface area contributed by atoms with Gasteiger partial charge in [0.25, 0.3) is 5.56 Å². The van der Waals surface area contributed by atoms with Crippen LogP contribution in [0.5, 0.6) is 0 Å². The number of nitrogens with zero attached hydrogens (tertiary/aromatic N) is 3. The summed E-state index contributed by atoms with van der Waals surface area (Å²) in [5.41, 5.74) is -2.08. The first-order valence-corrected chi connectivity index (χ1v) is 8.73. The van der Waals surface area contributed by atoms with E-state index in [4.69, 9.17) is 0 Å². The molecule has 0 aliphatic rings. The van der Waals surface area contributed by atoms with Crippen molar-refractivity contribution in [1.29, 1.82) is 5.26 Å². The van der Waals surface area contributed by atoms with Gasteiger partial charge in [-0.05, 0) is 29.3 Å². The zero-order chi connectivity index (χ0) is 20.3. The van der Waals surface area contributed by atoms with E-state index in [0.29, 0.717) is 15.6 Å². The summed E-state index contributed by atoms with van der Waals surface area (Å²) < 4.78 is 41.8. The zero-order valence-electron chi connectivity index (χ0n) is 14.1. The van der Waals surface area contributed by atoms with E-state index >= 15 is 0 Å². The molecule has 4 nitrogen and oxygen atoms in total. The maximum atomic E-state index is 13.6. The molecule has 0 bridgehead atoms. The second-order valence-electron chi connectivity index (χ2n) is 5.71. The molecule has 1 heterocycles. The summed E-state index contributed by atoms with van der Waals surface area (Å²) in [4.78, 5) is 12.7. The van der Waals surface area contributed by atoms with Crippen molar-refractivity contribution in [1.82, 2.24) is 4.68 Å². The average molecular weight is 446 g/mol. The van der Waals surface area contributed by atoms with Crippen molar-refractivity contribution >= 4 is 22.1 Å². The largest absolute Gasteiger partial charge is 0.433 e. The molecule has 0 fully saturated rings. The van der Waals surface area contributed by atoms with Crippen LogP contribution in [-0.4, -0.2) is 10.9 Å². The van der Waals surface area contributed by atoms with Crippen LogP contribution < -0.4 is 5.56 Å². The van der Waals surface area contributed by atoms with E-state index in [1.165, 1.54) is 12.1 Å². The second-order valence-corrected chi connectivity index (χ2v) is 6.62. The molecular formula is C20H11BrF3N3O. The summed E-state index contributed by atoms with van der Waals surface area (Å²) in [6, 6.07) is 17.1. The summed E-state index contributed by atoms with van der Waals surface area (Å²) in [5, 5.41) is 13.1. The standard InChI is InChI=1S/C20H11BrF3N3O/c21-15-8-6-14(7-9-15)16-10-18(20(22,23)24)27(19(28)17(16)11-25)26-12-13-4-2-1-3-5-13/h1-10,12H/b26-12+. The van der Waals surface area contributed by atoms with Crippen LogP contribution >= 0.6 is 15.9 Å². The summed E-state index contributed by atoms with van der Waals surface area (Å²) >= 11 is 3.24. The number of rotatable bonds is 3. The molecule has 0 saturated heterocycles. The Labute approximate surface area is 166 Å². The minimum absolute atomic E-state index is 0.0986. The van der Waals surface area contributed by atoms with Crippen molar-refractivity contribution < 1.29 is 13.2 Å². The van der Waals surface area contributed by atoms with Crippen LogP contribution in [0.25, 0.3) is 11.1 Å². The third-order valence-corrected chi connectivity index (χ3v) is 4.39. The molecule has 1 aromatic heterocycles. The third-order valence-electron chi connectivity index (χ3n) is 3.86. The van der Waals surface area contributed by atoms with Crippen molar-refractivity contribution in [3.05, 3.63) is 92.3 Å². The Morgan fingerprint density at radius 3 is 2.29 bits per heavy atom. The van der Waals surface area contributed by atoms with Gasteiger partial charge < -0.3 is 0 Å². The van der Waals surface area contributed by atoms with Crippen molar-refractivity contribution in [2.45, 2.75) is 6.18 Å². The van der Waals surface area contributed by atoms with Gasteiger partial charge in [-0.3, -0.25) is 4.79 Å². The Bertz CT molecular complexity index is 1130. The van der Waals surface area contributed by atoms with E-state index in [-0.39, 0.29) is 10.2 Å². The van der Waals surface area contributed by atoms with Gasteiger partial charge in [0.05, 0.1) is 6.21 Å². The maximum absolute atomic E-state index is 13.6. The molecule has 140 valence electrons. The van der Waals surface area contributed by atoms with Gasteiger partial charge in [-0.25, -0.2) is 0 Å². The summed E-state index contributed by atoms with van der Waals surface area (Å²) in [5.74, 6) is 0. The Morgan fingerprint density at radius 1 is 1.07 bits per heavy atom. The lowest BCUT2D eigenvalue weighted by molar-refractivity contribution is -0.143. The van der Waals surface area contributed by atoms with Gasteiger partial charge in [0.2, 0.25) is 0 Å². The third kappa shape index (κ3) is 4.05. The second kappa shape index (κ2) is 7.82. The fourth-order valence-electron chi connectivity index (χ4n) is 2.55. The van der Waals surface area contributed by atoms with E-state index in [1.807, 2.05) is 0 Å². The van der Waals surface area contributed by atoms with Crippen LogP contribution in [0, 0.1) is 11.3 Å². The molecule has 3 aromatic rings. The number of benzene rings is 2. The number of pyridine rings is 1. The predicted octanol–water partition coefficient (Wildman–Crippen LogP) is 5.05. The minimum atomic E-state index is -4.84. The number of alkyl halides is 3. The lowest BCUT2D eigenvalue weighted by Crippen LogP contribution is -2.28. The molecule has 0 atom stereocenters. The van der Waals surface area contributed by atoms with Crippen molar-refractivity contribution in [2.24, 2.45) is 5.10 Å². The number of hydrogen-bond donors (Lipinski definition) is 0. The first-order chi connectivity index (χ1) is 13.3. The molecule has 0 spiro atoms. The van der Waals surface area contributed by atoms with Crippen molar-refractivity contribution in [3.63, 3.8) is 0 Å². The van der Waals surface area contributed by atoms with Gasteiger partial charge in [0.15, 0.2) is 5.69 Å². The molecular weight excluding hydrogens is 435 g/mol. The van der Waals surface area contributed by atoms with E-state index in [0.717, 1.165) is 12.3 Å². The van der Waals surface area contributed by atoms with Gasteiger partial charge in [0, 0.05) is 10.0 Å². The zero-order valence-corrected chi connectivity index (χ0v) is 15.7. The molecule has 28 heavy (non-hydrogen) atoms. The van der Waals surface area contributed by atoms with Crippen LogP contribution in [0.1, 0.15) is 16.8 Å². The highest BCUT2D eigenvalue weighted by molar-refractivity contribution is 9.10. The molecule has 8 heteroatoms. The molecule has 2 aromatic carbocycles. The lowest BCUT2D eigenvalue weighted by atomic mass is 10.0. The molecule has 0 unspecified atom stereocenters. The smallest absolute Gasteiger partial charge is 0.266 e. The number of nitriles is 1. The Balaban J connectivity index is 2.25. The molecule has 0 amide bonds. The monoisotopic (exact) mass is 445 g/mol. The van der Waals surface area contributed by atoms with Gasteiger partial charge in [0.1, 0.15) is 11.6 Å². The molecule has 3 rings (SSSR count). The predicted molar refractivity (Wildman–Crippen MR) is 103 cm³/mol.